The lowest BCUT2D eigenvalue weighted by Crippen LogP contribution is -2.28. The van der Waals surface area contributed by atoms with Gasteiger partial charge in [-0.3, -0.25) is 4.79 Å². The van der Waals surface area contributed by atoms with Crippen LogP contribution in [0.25, 0.3) is 0 Å². The Kier molecular flexibility index (Phi) is 6.75. The molecule has 0 bridgehead atoms. The minimum absolute atomic E-state index is 0.0467. The molecule has 0 spiro atoms. The van der Waals surface area contributed by atoms with E-state index in [1.54, 1.807) is 6.07 Å². The number of thiophene rings is 1. The highest BCUT2D eigenvalue weighted by Crippen LogP contribution is 2.15. The summed E-state index contributed by atoms with van der Waals surface area (Å²) in [5.41, 5.74) is 0.595. The second-order valence-corrected chi connectivity index (χ2v) is 9.01. The number of aliphatic hydroxyl groups is 1. The van der Waals surface area contributed by atoms with Crippen LogP contribution in [0.15, 0.2) is 70.9 Å². The number of sulfonamides is 1. The molecule has 29 heavy (non-hydrogen) atoms. The Morgan fingerprint density at radius 3 is 2.52 bits per heavy atom. The summed E-state index contributed by atoms with van der Waals surface area (Å²) in [4.78, 5) is 13.2. The lowest BCUT2D eigenvalue weighted by Gasteiger charge is -2.12. The van der Waals surface area contributed by atoms with Crippen LogP contribution < -0.4 is 10.0 Å². The predicted molar refractivity (Wildman–Crippen MR) is 108 cm³/mol. The molecule has 0 radical (unpaired) electrons. The van der Waals surface area contributed by atoms with Gasteiger partial charge in [0.1, 0.15) is 5.82 Å². The van der Waals surface area contributed by atoms with E-state index in [9.17, 15) is 22.7 Å². The summed E-state index contributed by atoms with van der Waals surface area (Å²) in [6, 6.07) is 14.6. The molecule has 0 aliphatic heterocycles. The van der Waals surface area contributed by atoms with Gasteiger partial charge in [-0.1, -0.05) is 18.2 Å². The fourth-order valence-electron chi connectivity index (χ4n) is 2.57. The number of carbonyl (C=O) groups is 1. The maximum Gasteiger partial charge on any atom is 0.251 e. The van der Waals surface area contributed by atoms with Crippen LogP contribution in [0.5, 0.6) is 0 Å². The summed E-state index contributed by atoms with van der Waals surface area (Å²) < 4.78 is 40.4. The van der Waals surface area contributed by atoms with E-state index in [4.69, 9.17) is 0 Å². The number of hydrogen-bond acceptors (Lipinski definition) is 5. The van der Waals surface area contributed by atoms with Crippen LogP contribution in [0.2, 0.25) is 0 Å². The lowest BCUT2D eigenvalue weighted by atomic mass is 10.1. The summed E-state index contributed by atoms with van der Waals surface area (Å²) >= 11 is 1.45. The number of rotatable bonds is 8. The van der Waals surface area contributed by atoms with Gasteiger partial charge in [0.05, 0.1) is 11.0 Å². The Morgan fingerprint density at radius 2 is 1.86 bits per heavy atom. The average molecular weight is 435 g/mol. The fraction of sp³-hybridized carbons (Fsp3) is 0.150. The number of halogens is 1. The smallest absolute Gasteiger partial charge is 0.251 e. The van der Waals surface area contributed by atoms with Crippen LogP contribution in [0.1, 0.15) is 26.9 Å². The zero-order chi connectivity index (χ0) is 20.9. The van der Waals surface area contributed by atoms with Crippen molar-refractivity contribution in [2.45, 2.75) is 17.5 Å². The van der Waals surface area contributed by atoms with Crippen LogP contribution in [-0.4, -0.2) is 26.0 Å². The first-order chi connectivity index (χ1) is 13.8. The van der Waals surface area contributed by atoms with Crippen molar-refractivity contribution in [1.29, 1.82) is 0 Å². The number of benzene rings is 2. The summed E-state index contributed by atoms with van der Waals surface area (Å²) in [7, 11) is -3.70. The molecule has 0 saturated carbocycles. The zero-order valence-electron chi connectivity index (χ0n) is 15.2. The first-order valence-electron chi connectivity index (χ1n) is 8.69. The highest BCUT2D eigenvalue weighted by Gasteiger charge is 2.16. The van der Waals surface area contributed by atoms with Crippen LogP contribution in [0.4, 0.5) is 4.39 Å². The van der Waals surface area contributed by atoms with Crippen molar-refractivity contribution >= 4 is 27.3 Å². The third kappa shape index (κ3) is 5.70. The van der Waals surface area contributed by atoms with Crippen LogP contribution >= 0.6 is 11.3 Å². The molecule has 1 atom stereocenters. The largest absolute Gasteiger partial charge is 0.387 e. The van der Waals surface area contributed by atoms with Crippen molar-refractivity contribution in [3.8, 4) is 0 Å². The Bertz CT molecular complexity index is 1070. The van der Waals surface area contributed by atoms with Gasteiger partial charge in [-0.05, 0) is 53.4 Å². The van der Waals surface area contributed by atoms with E-state index in [2.05, 4.69) is 10.0 Å². The summed E-state index contributed by atoms with van der Waals surface area (Å²) in [6.45, 7) is 0.0882. The molecule has 3 rings (SSSR count). The molecule has 152 valence electrons. The standard InChI is InChI=1S/C20H19FN2O4S2/c21-16-4-1-3-15(11-16)19(24)13-22-20(25)14-6-8-18(9-7-14)29(26,27)23-12-17-5-2-10-28-17/h1-11,19,23-24H,12-13H2,(H,22,25). The number of hydrogen-bond donors (Lipinski definition) is 3. The van der Waals surface area contributed by atoms with Gasteiger partial charge in [-0.2, -0.15) is 0 Å². The fourth-order valence-corrected chi connectivity index (χ4v) is 4.31. The van der Waals surface area contributed by atoms with Gasteiger partial charge in [-0.25, -0.2) is 17.5 Å². The lowest BCUT2D eigenvalue weighted by molar-refractivity contribution is 0.0916. The molecule has 0 aliphatic carbocycles. The Morgan fingerprint density at radius 1 is 1.10 bits per heavy atom. The molecule has 9 heteroatoms. The molecular weight excluding hydrogens is 415 g/mol. The van der Waals surface area contributed by atoms with Crippen LogP contribution in [0.3, 0.4) is 0 Å². The van der Waals surface area contributed by atoms with Crippen molar-refractivity contribution in [3.05, 3.63) is 87.9 Å². The summed E-state index contributed by atoms with van der Waals surface area (Å²) in [6.07, 6.45) is -1.06. The van der Waals surface area contributed by atoms with Gasteiger partial charge in [-0.15, -0.1) is 11.3 Å². The quantitative estimate of drug-likeness (QED) is 0.508. The van der Waals surface area contributed by atoms with E-state index >= 15 is 0 Å². The third-order valence-corrected chi connectivity index (χ3v) is 6.43. The molecule has 2 aromatic carbocycles. The minimum Gasteiger partial charge on any atom is -0.387 e. The van der Waals surface area contributed by atoms with Crippen molar-refractivity contribution < 1.29 is 22.7 Å². The van der Waals surface area contributed by atoms with Crippen molar-refractivity contribution in [2.75, 3.05) is 6.54 Å². The van der Waals surface area contributed by atoms with E-state index in [0.717, 1.165) is 4.88 Å². The first-order valence-corrected chi connectivity index (χ1v) is 11.1. The van der Waals surface area contributed by atoms with Crippen molar-refractivity contribution in [2.24, 2.45) is 0 Å². The number of aliphatic hydroxyl groups excluding tert-OH is 1. The van der Waals surface area contributed by atoms with Gasteiger partial charge >= 0.3 is 0 Å². The average Bonchev–Trinajstić information content (AvgIpc) is 3.24. The third-order valence-electron chi connectivity index (χ3n) is 4.13. The Labute approximate surface area is 172 Å². The molecule has 0 aliphatic rings. The number of amides is 1. The monoisotopic (exact) mass is 434 g/mol. The van der Waals surface area contributed by atoms with E-state index in [1.165, 1.54) is 53.8 Å². The topological polar surface area (TPSA) is 95.5 Å². The molecule has 0 saturated heterocycles. The maximum atomic E-state index is 13.2. The van der Waals surface area contributed by atoms with E-state index in [1.807, 2.05) is 17.5 Å². The second-order valence-electron chi connectivity index (χ2n) is 6.21. The molecule has 1 aromatic heterocycles. The predicted octanol–water partition coefficient (Wildman–Crippen LogP) is 2.83. The highest BCUT2D eigenvalue weighted by atomic mass is 32.2. The van der Waals surface area contributed by atoms with E-state index < -0.39 is 27.9 Å². The SMILES string of the molecule is O=C(NCC(O)c1cccc(F)c1)c1ccc(S(=O)(=O)NCc2cccs2)cc1. The van der Waals surface area contributed by atoms with Crippen LogP contribution in [0, 0.1) is 5.82 Å². The van der Waals surface area contributed by atoms with Gasteiger partial charge in [0.2, 0.25) is 10.0 Å². The van der Waals surface area contributed by atoms with Crippen LogP contribution in [-0.2, 0) is 16.6 Å². The maximum absolute atomic E-state index is 13.2. The minimum atomic E-state index is -3.70. The molecule has 0 fully saturated rings. The summed E-state index contributed by atoms with van der Waals surface area (Å²) in [5.74, 6) is -0.951. The molecular formula is C20H19FN2O4S2. The molecule has 1 heterocycles. The van der Waals surface area contributed by atoms with Gasteiger partial charge in [0.15, 0.2) is 0 Å². The second kappa shape index (κ2) is 9.27. The molecule has 3 aromatic rings. The molecule has 1 amide bonds. The molecule has 3 N–H and O–H groups in total. The zero-order valence-corrected chi connectivity index (χ0v) is 16.8. The normalized spacial score (nSPS) is 12.5. The Hall–Kier alpha value is -2.59. The first kappa shape index (κ1) is 21.1. The van der Waals surface area contributed by atoms with Gasteiger partial charge in [0, 0.05) is 23.5 Å². The van der Waals surface area contributed by atoms with Gasteiger partial charge < -0.3 is 10.4 Å². The number of carbonyl (C=O) groups excluding carboxylic acids is 1. The van der Waals surface area contributed by atoms with E-state index in [-0.39, 0.29) is 23.5 Å². The molecule has 1 unspecified atom stereocenters. The van der Waals surface area contributed by atoms with E-state index in [0.29, 0.717) is 5.56 Å². The van der Waals surface area contributed by atoms with Crippen molar-refractivity contribution in [1.82, 2.24) is 10.0 Å². The summed E-state index contributed by atoms with van der Waals surface area (Å²) in [5, 5.41) is 14.5. The number of nitrogens with one attached hydrogen (secondary N) is 2. The van der Waals surface area contributed by atoms with Gasteiger partial charge in [0.25, 0.3) is 5.91 Å². The molecule has 6 nitrogen and oxygen atoms in total. The Balaban J connectivity index is 1.58. The van der Waals surface area contributed by atoms with Crippen molar-refractivity contribution in [3.63, 3.8) is 0 Å². The highest BCUT2D eigenvalue weighted by molar-refractivity contribution is 7.89.